The molecule has 0 spiro atoms. The molecule has 2 atom stereocenters. The van der Waals surface area contributed by atoms with Crippen molar-refractivity contribution >= 4 is 27.7 Å². The predicted molar refractivity (Wildman–Crippen MR) is 131 cm³/mol. The van der Waals surface area contributed by atoms with Gasteiger partial charge in [0.2, 0.25) is 0 Å². The van der Waals surface area contributed by atoms with Crippen molar-refractivity contribution in [2.75, 3.05) is 19.8 Å². The maximum Gasteiger partial charge on any atom is 0.336 e. The first-order valence-electron chi connectivity index (χ1n) is 11.3. The van der Waals surface area contributed by atoms with Crippen LogP contribution in [-0.4, -0.2) is 31.6 Å². The highest BCUT2D eigenvalue weighted by atomic mass is 79.9. The van der Waals surface area contributed by atoms with Gasteiger partial charge in [-0.2, -0.15) is 0 Å². The summed E-state index contributed by atoms with van der Waals surface area (Å²) in [7, 11) is 0. The van der Waals surface area contributed by atoms with Gasteiger partial charge in [0.1, 0.15) is 6.61 Å². The predicted octanol–water partition coefficient (Wildman–Crippen LogP) is 5.39. The minimum atomic E-state index is -0.470. The summed E-state index contributed by atoms with van der Waals surface area (Å²) in [6, 6.07) is 17.9. The number of hydrogen-bond acceptors (Lipinski definition) is 5. The Balaban J connectivity index is 1.72. The van der Waals surface area contributed by atoms with Gasteiger partial charge in [0, 0.05) is 40.4 Å². The van der Waals surface area contributed by atoms with Crippen molar-refractivity contribution in [3.05, 3.63) is 92.7 Å². The van der Waals surface area contributed by atoms with Crippen LogP contribution in [-0.2, 0) is 19.1 Å². The molecule has 6 heteroatoms. The maximum atomic E-state index is 13.6. The number of ketones is 1. The van der Waals surface area contributed by atoms with E-state index in [9.17, 15) is 9.59 Å². The fraction of sp³-hybridized carbons (Fsp3) is 0.333. The molecule has 1 aliphatic carbocycles. The van der Waals surface area contributed by atoms with Gasteiger partial charge in [0.05, 0.1) is 12.2 Å². The quantitative estimate of drug-likeness (QED) is 0.400. The first-order valence-corrected chi connectivity index (χ1v) is 12.1. The summed E-state index contributed by atoms with van der Waals surface area (Å²) in [5, 5.41) is 3.39. The Morgan fingerprint density at radius 3 is 2.55 bits per heavy atom. The molecule has 0 fully saturated rings. The van der Waals surface area contributed by atoms with Crippen LogP contribution in [0, 0.1) is 0 Å². The molecule has 4 rings (SSSR count). The molecule has 0 bridgehead atoms. The second-order valence-corrected chi connectivity index (χ2v) is 9.23. The van der Waals surface area contributed by atoms with E-state index in [2.05, 4.69) is 33.4 Å². The van der Waals surface area contributed by atoms with E-state index >= 15 is 0 Å². The van der Waals surface area contributed by atoms with Gasteiger partial charge in [0.15, 0.2) is 5.78 Å². The average Bonchev–Trinajstić information content (AvgIpc) is 2.81. The van der Waals surface area contributed by atoms with E-state index in [1.807, 2.05) is 56.3 Å². The number of halogens is 1. The van der Waals surface area contributed by atoms with Gasteiger partial charge in [-0.05, 0) is 49.4 Å². The summed E-state index contributed by atoms with van der Waals surface area (Å²) >= 11 is 3.54. The number of Topliss-reactive ketones (excluding diaryl/α,β-unsaturated/α-hetero) is 1. The molecule has 1 heterocycles. The second-order valence-electron chi connectivity index (χ2n) is 8.32. The third-order valence-corrected chi connectivity index (χ3v) is 6.66. The molecule has 0 aromatic heterocycles. The Morgan fingerprint density at radius 2 is 1.82 bits per heavy atom. The first-order chi connectivity index (χ1) is 16.0. The highest BCUT2D eigenvalue weighted by molar-refractivity contribution is 9.10. The monoisotopic (exact) mass is 509 g/mol. The molecule has 2 aromatic rings. The summed E-state index contributed by atoms with van der Waals surface area (Å²) < 4.78 is 11.7. The molecule has 0 amide bonds. The van der Waals surface area contributed by atoms with Gasteiger partial charge in [-0.1, -0.05) is 58.4 Å². The van der Waals surface area contributed by atoms with Crippen molar-refractivity contribution in [2.24, 2.45) is 0 Å². The molecule has 1 aliphatic heterocycles. The van der Waals surface area contributed by atoms with E-state index in [0.29, 0.717) is 30.8 Å². The Morgan fingerprint density at radius 1 is 1.06 bits per heavy atom. The SMILES string of the molecule is CCOCCOC(=O)C1=C(C)NC2=C(C(=O)C[C@H](c3ccccc3)C2)[C@H]1c1cccc(Br)c1. The van der Waals surface area contributed by atoms with Crippen LogP contribution in [0.25, 0.3) is 0 Å². The average molecular weight is 510 g/mol. The molecular formula is C27H28BrNO4. The van der Waals surface area contributed by atoms with Crippen LogP contribution in [0.15, 0.2) is 81.6 Å². The first kappa shape index (κ1) is 23.5. The van der Waals surface area contributed by atoms with Crippen LogP contribution in [0.3, 0.4) is 0 Å². The minimum absolute atomic E-state index is 0.0645. The third kappa shape index (κ3) is 5.12. The number of nitrogens with one attached hydrogen (secondary N) is 1. The molecule has 0 radical (unpaired) electrons. The smallest absolute Gasteiger partial charge is 0.336 e. The Hall–Kier alpha value is -2.70. The van der Waals surface area contributed by atoms with Gasteiger partial charge in [0.25, 0.3) is 0 Å². The number of dihydropyridines is 1. The Labute approximate surface area is 203 Å². The molecular weight excluding hydrogens is 482 g/mol. The van der Waals surface area contributed by atoms with E-state index in [1.54, 1.807) is 0 Å². The molecule has 0 saturated heterocycles. The summed E-state index contributed by atoms with van der Waals surface area (Å²) in [5.74, 6) is -0.716. The van der Waals surface area contributed by atoms with Crippen LogP contribution in [0.4, 0.5) is 0 Å². The lowest BCUT2D eigenvalue weighted by Gasteiger charge is -2.36. The minimum Gasteiger partial charge on any atom is -0.460 e. The number of rotatable bonds is 7. The van der Waals surface area contributed by atoms with Crippen LogP contribution >= 0.6 is 15.9 Å². The molecule has 1 N–H and O–H groups in total. The van der Waals surface area contributed by atoms with Crippen molar-refractivity contribution in [1.29, 1.82) is 0 Å². The number of ether oxygens (including phenoxy) is 2. The molecule has 0 saturated carbocycles. The summed E-state index contributed by atoms with van der Waals surface area (Å²) in [6.07, 6.45) is 1.14. The summed E-state index contributed by atoms with van der Waals surface area (Å²) in [6.45, 7) is 4.85. The van der Waals surface area contributed by atoms with Crippen LogP contribution < -0.4 is 5.32 Å². The maximum absolute atomic E-state index is 13.6. The number of allylic oxidation sites excluding steroid dienone is 3. The number of hydrogen-bond donors (Lipinski definition) is 1. The van der Waals surface area contributed by atoms with E-state index in [-0.39, 0.29) is 18.3 Å². The lowest BCUT2D eigenvalue weighted by molar-refractivity contribution is -0.140. The van der Waals surface area contributed by atoms with Gasteiger partial charge in [-0.15, -0.1) is 0 Å². The van der Waals surface area contributed by atoms with Gasteiger partial charge in [-0.3, -0.25) is 4.79 Å². The molecule has 0 unspecified atom stereocenters. The van der Waals surface area contributed by atoms with E-state index < -0.39 is 11.9 Å². The Kier molecular flexibility index (Phi) is 7.46. The molecule has 2 aliphatic rings. The Bertz CT molecular complexity index is 1110. The molecule has 2 aromatic carbocycles. The summed E-state index contributed by atoms with van der Waals surface area (Å²) in [4.78, 5) is 26.7. The largest absolute Gasteiger partial charge is 0.460 e. The van der Waals surface area contributed by atoms with Crippen molar-refractivity contribution in [3.8, 4) is 0 Å². The molecule has 172 valence electrons. The number of carbonyl (C=O) groups excluding carboxylic acids is 2. The zero-order valence-electron chi connectivity index (χ0n) is 18.9. The zero-order chi connectivity index (χ0) is 23.4. The van der Waals surface area contributed by atoms with Crippen LogP contribution in [0.2, 0.25) is 0 Å². The lowest BCUT2D eigenvalue weighted by atomic mass is 9.72. The topological polar surface area (TPSA) is 64.6 Å². The highest BCUT2D eigenvalue weighted by Crippen LogP contribution is 2.46. The van der Waals surface area contributed by atoms with Crippen LogP contribution in [0.1, 0.15) is 49.7 Å². The molecule has 5 nitrogen and oxygen atoms in total. The normalized spacial score (nSPS) is 20.4. The van der Waals surface area contributed by atoms with E-state index in [4.69, 9.17) is 9.47 Å². The van der Waals surface area contributed by atoms with Crippen molar-refractivity contribution < 1.29 is 19.1 Å². The zero-order valence-corrected chi connectivity index (χ0v) is 20.5. The van der Waals surface area contributed by atoms with Crippen LogP contribution in [0.5, 0.6) is 0 Å². The number of benzene rings is 2. The van der Waals surface area contributed by atoms with E-state index in [1.165, 1.54) is 0 Å². The second kappa shape index (κ2) is 10.5. The third-order valence-electron chi connectivity index (χ3n) is 6.17. The van der Waals surface area contributed by atoms with Crippen molar-refractivity contribution in [3.63, 3.8) is 0 Å². The fourth-order valence-corrected chi connectivity index (χ4v) is 5.12. The number of esters is 1. The number of carbonyl (C=O) groups is 2. The summed E-state index contributed by atoms with van der Waals surface area (Å²) in [5.41, 5.74) is 4.81. The van der Waals surface area contributed by atoms with E-state index in [0.717, 1.165) is 33.4 Å². The van der Waals surface area contributed by atoms with Gasteiger partial charge in [-0.25, -0.2) is 4.79 Å². The standard InChI is InChI=1S/C27H28BrNO4/c1-3-32-12-13-33-27(31)24-17(2)29-22-15-20(18-8-5-4-6-9-18)16-23(30)26(22)25(24)19-10-7-11-21(28)14-19/h4-11,14,20,25,29H,3,12-13,15-16H2,1-2H3/t20-,25+/m1/s1. The van der Waals surface area contributed by atoms with Crippen molar-refractivity contribution in [2.45, 2.75) is 38.5 Å². The molecule has 33 heavy (non-hydrogen) atoms. The van der Waals surface area contributed by atoms with Gasteiger partial charge < -0.3 is 14.8 Å². The fourth-order valence-electron chi connectivity index (χ4n) is 4.71. The van der Waals surface area contributed by atoms with Crippen molar-refractivity contribution in [1.82, 2.24) is 5.32 Å². The van der Waals surface area contributed by atoms with Gasteiger partial charge >= 0.3 is 5.97 Å². The lowest BCUT2D eigenvalue weighted by Crippen LogP contribution is -2.36. The highest BCUT2D eigenvalue weighted by Gasteiger charge is 2.41.